The number of allylic oxidation sites excluding steroid dienone is 3. The average molecular weight is 369 g/mol. The van der Waals surface area contributed by atoms with Crippen molar-refractivity contribution in [3.8, 4) is 0 Å². The van der Waals surface area contributed by atoms with Gasteiger partial charge in [0.15, 0.2) is 0 Å². The molecule has 0 aromatic heterocycles. The fourth-order valence-electron chi connectivity index (χ4n) is 2.99. The topological polar surface area (TPSA) is 46.4 Å². The number of likely N-dealkylation sites (tertiary alicyclic amines) is 1. The zero-order valence-electron chi connectivity index (χ0n) is 13.3. The number of para-hydroxylation sites is 1. The Kier molecular flexibility index (Phi) is 5.08. The van der Waals surface area contributed by atoms with Gasteiger partial charge >= 0.3 is 6.18 Å². The van der Waals surface area contributed by atoms with Gasteiger partial charge in [-0.25, -0.2) is 0 Å². The third kappa shape index (κ3) is 4.00. The fraction of sp³-hybridized carbons (Fsp3) is 0.412. The smallest absolute Gasteiger partial charge is 0.366 e. The van der Waals surface area contributed by atoms with Gasteiger partial charge in [0.05, 0.1) is 9.95 Å². The van der Waals surface area contributed by atoms with E-state index < -0.39 is 16.7 Å². The zero-order valence-corrected chi connectivity index (χ0v) is 14.1. The summed E-state index contributed by atoms with van der Waals surface area (Å²) in [7, 11) is 0. The van der Waals surface area contributed by atoms with Crippen molar-refractivity contribution in [2.75, 3.05) is 13.1 Å². The maximum atomic E-state index is 13.4. The van der Waals surface area contributed by atoms with Gasteiger partial charge in [-0.05, 0) is 18.9 Å². The summed E-state index contributed by atoms with van der Waals surface area (Å²) in [5, 5.41) is 11.9. The van der Waals surface area contributed by atoms with Gasteiger partial charge in [-0.2, -0.15) is 13.2 Å². The summed E-state index contributed by atoms with van der Waals surface area (Å²) in [5.74, 6) is 0. The van der Waals surface area contributed by atoms with Crippen molar-refractivity contribution in [1.82, 2.24) is 4.90 Å². The normalized spacial score (nSPS) is 18.5. The molecule has 0 atom stereocenters. The lowest BCUT2D eigenvalue weighted by atomic mass is 10.0. The summed E-state index contributed by atoms with van der Waals surface area (Å²) in [6.07, 6.45) is 0.0229. The van der Waals surface area contributed by atoms with Crippen molar-refractivity contribution in [2.24, 2.45) is 0 Å². The van der Waals surface area contributed by atoms with Crippen LogP contribution in [0.3, 0.4) is 0 Å². The van der Waals surface area contributed by atoms with Crippen molar-refractivity contribution in [1.29, 1.82) is 0 Å². The van der Waals surface area contributed by atoms with Crippen LogP contribution in [0, 0.1) is 16.2 Å². The third-order valence-electron chi connectivity index (χ3n) is 4.25. The molecule has 0 aliphatic carbocycles. The fourth-order valence-corrected chi connectivity index (χ4v) is 4.21. The van der Waals surface area contributed by atoms with Crippen molar-refractivity contribution >= 4 is 17.4 Å². The number of hydrogen-bond donors (Lipinski definition) is 0. The van der Waals surface area contributed by atoms with Gasteiger partial charge in [0.25, 0.3) is 5.69 Å². The van der Waals surface area contributed by atoms with Crippen LogP contribution >= 0.6 is 11.8 Å². The van der Waals surface area contributed by atoms with Crippen LogP contribution in [0.2, 0.25) is 0 Å². The molecule has 2 heterocycles. The first-order chi connectivity index (χ1) is 11.9. The van der Waals surface area contributed by atoms with E-state index in [0.29, 0.717) is 10.6 Å². The number of halogens is 3. The first-order valence-electron chi connectivity index (χ1n) is 7.91. The summed E-state index contributed by atoms with van der Waals surface area (Å²) in [6.45, 7) is 1.63. The minimum atomic E-state index is -4.46. The monoisotopic (exact) mass is 369 g/mol. The van der Waals surface area contributed by atoms with Crippen LogP contribution in [0.1, 0.15) is 24.8 Å². The van der Waals surface area contributed by atoms with Crippen molar-refractivity contribution in [2.45, 2.75) is 31.9 Å². The Morgan fingerprint density at radius 2 is 1.92 bits per heavy atom. The molecule has 1 radical (unpaired) electrons. The molecule has 0 amide bonds. The van der Waals surface area contributed by atoms with E-state index in [1.54, 1.807) is 6.07 Å². The minimum Gasteiger partial charge on any atom is -0.366 e. The largest absolute Gasteiger partial charge is 0.413 e. The van der Waals surface area contributed by atoms with E-state index in [1.807, 2.05) is 4.90 Å². The predicted octanol–water partition coefficient (Wildman–Crippen LogP) is 4.83. The lowest BCUT2D eigenvalue weighted by molar-refractivity contribution is -0.385. The number of thioether (sulfide) groups is 1. The maximum Gasteiger partial charge on any atom is 0.413 e. The SMILES string of the molecule is O=[N+]([O-])c1ccccc1CC1=C(C(F)(F)F)C[C]=C(N2CCCC2)S1. The molecule has 0 bridgehead atoms. The van der Waals surface area contributed by atoms with E-state index in [2.05, 4.69) is 6.08 Å². The number of alkyl halides is 3. The molecule has 8 heteroatoms. The second-order valence-electron chi connectivity index (χ2n) is 5.92. The van der Waals surface area contributed by atoms with Crippen LogP contribution in [-0.2, 0) is 6.42 Å². The average Bonchev–Trinajstić information content (AvgIpc) is 3.08. The Balaban J connectivity index is 1.91. The van der Waals surface area contributed by atoms with E-state index in [4.69, 9.17) is 0 Å². The van der Waals surface area contributed by atoms with Crippen LogP contribution in [0.15, 0.2) is 39.8 Å². The lowest BCUT2D eigenvalue weighted by Gasteiger charge is -2.27. The molecule has 0 N–H and O–H groups in total. The van der Waals surface area contributed by atoms with E-state index in [-0.39, 0.29) is 23.4 Å². The minimum absolute atomic E-state index is 0.102. The molecule has 4 nitrogen and oxygen atoms in total. The molecule has 1 aromatic carbocycles. The highest BCUT2D eigenvalue weighted by Gasteiger charge is 2.38. The molecule has 2 aliphatic heterocycles. The molecule has 2 aliphatic rings. The number of rotatable bonds is 4. The highest BCUT2D eigenvalue weighted by molar-refractivity contribution is 8.06. The van der Waals surface area contributed by atoms with Crippen molar-refractivity contribution in [3.05, 3.63) is 61.5 Å². The summed E-state index contributed by atoms with van der Waals surface area (Å²) in [5.41, 5.74) is -0.517. The van der Waals surface area contributed by atoms with Gasteiger partial charge in [-0.3, -0.25) is 10.1 Å². The third-order valence-corrected chi connectivity index (χ3v) is 5.48. The van der Waals surface area contributed by atoms with Crippen LogP contribution in [0.4, 0.5) is 18.9 Å². The van der Waals surface area contributed by atoms with Gasteiger partial charge < -0.3 is 4.90 Å². The highest BCUT2D eigenvalue weighted by atomic mass is 32.2. The molecule has 133 valence electrons. The van der Waals surface area contributed by atoms with E-state index in [0.717, 1.165) is 37.7 Å². The van der Waals surface area contributed by atoms with Gasteiger partial charge in [0.2, 0.25) is 0 Å². The molecule has 1 saturated heterocycles. The molecule has 1 fully saturated rings. The summed E-state index contributed by atoms with van der Waals surface area (Å²) >= 11 is 1.05. The molecule has 3 rings (SSSR count). The van der Waals surface area contributed by atoms with E-state index >= 15 is 0 Å². The Hall–Kier alpha value is -1.96. The molecule has 0 saturated carbocycles. The molecule has 0 unspecified atom stereocenters. The Bertz CT molecular complexity index is 738. The Labute approximate surface area is 147 Å². The van der Waals surface area contributed by atoms with Crippen LogP contribution in [0.25, 0.3) is 0 Å². The zero-order chi connectivity index (χ0) is 18.0. The number of nitro benzene ring substituents is 1. The van der Waals surface area contributed by atoms with Crippen LogP contribution < -0.4 is 0 Å². The Morgan fingerprint density at radius 1 is 1.24 bits per heavy atom. The number of benzene rings is 1. The van der Waals surface area contributed by atoms with Gasteiger partial charge in [-0.15, -0.1) is 0 Å². The number of nitro groups is 1. The summed E-state index contributed by atoms with van der Waals surface area (Å²) < 4.78 is 40.2. The van der Waals surface area contributed by atoms with Crippen molar-refractivity contribution in [3.63, 3.8) is 0 Å². The maximum absolute atomic E-state index is 13.4. The molecular formula is C17H16F3N2O2S. The molecule has 25 heavy (non-hydrogen) atoms. The summed E-state index contributed by atoms with van der Waals surface area (Å²) in [4.78, 5) is 12.8. The molecular weight excluding hydrogens is 353 g/mol. The Morgan fingerprint density at radius 3 is 2.56 bits per heavy atom. The standard InChI is InChI=1S/C17H16F3N2O2S/c18-17(19,20)13-7-8-16(21-9-3-4-10-21)25-15(13)11-12-5-1-2-6-14(12)22(23)24/h1-2,5-6H,3-4,7,9-11H2. The quantitative estimate of drug-likeness (QED) is 0.563. The highest BCUT2D eigenvalue weighted by Crippen LogP contribution is 2.45. The second-order valence-corrected chi connectivity index (χ2v) is 7.00. The van der Waals surface area contributed by atoms with E-state index in [1.165, 1.54) is 18.2 Å². The molecule has 1 aromatic rings. The second kappa shape index (κ2) is 7.11. The van der Waals surface area contributed by atoms with Crippen LogP contribution in [-0.4, -0.2) is 29.1 Å². The van der Waals surface area contributed by atoms with Gasteiger partial charge in [-0.1, -0.05) is 30.0 Å². The predicted molar refractivity (Wildman–Crippen MR) is 89.7 cm³/mol. The molecule has 0 spiro atoms. The van der Waals surface area contributed by atoms with Crippen molar-refractivity contribution < 1.29 is 18.1 Å². The number of hydrogen-bond acceptors (Lipinski definition) is 4. The lowest BCUT2D eigenvalue weighted by Crippen LogP contribution is -2.22. The van der Waals surface area contributed by atoms with E-state index in [9.17, 15) is 23.3 Å². The van der Waals surface area contributed by atoms with Gasteiger partial charge in [0, 0.05) is 48.0 Å². The summed E-state index contributed by atoms with van der Waals surface area (Å²) in [6, 6.07) is 5.95. The first-order valence-corrected chi connectivity index (χ1v) is 8.73. The number of nitrogens with zero attached hydrogens (tertiary/aromatic N) is 2. The van der Waals surface area contributed by atoms with Gasteiger partial charge in [0.1, 0.15) is 0 Å². The van der Waals surface area contributed by atoms with Crippen LogP contribution in [0.5, 0.6) is 0 Å². The first kappa shape index (κ1) is 17.8.